The molecule has 2 aliphatic carbocycles. The molecule has 230 valence electrons. The minimum Gasteiger partial charge on any atom is -0.309 e. The lowest BCUT2D eigenvalue weighted by atomic mass is 9.90. The van der Waals surface area contributed by atoms with Gasteiger partial charge in [-0.15, -0.1) is 10.2 Å². The fourth-order valence-corrected chi connectivity index (χ4v) is 11.5. The van der Waals surface area contributed by atoms with Gasteiger partial charge < -0.3 is 4.57 Å². The fourth-order valence-electron chi connectivity index (χ4n) is 8.26. The van der Waals surface area contributed by atoms with E-state index in [1.165, 1.54) is 10.9 Å². The van der Waals surface area contributed by atoms with Crippen LogP contribution in [0.4, 0.5) is 0 Å². The third-order valence-corrected chi connectivity index (χ3v) is 13.7. The molecule has 2 atom stereocenters. The predicted molar refractivity (Wildman–Crippen MR) is 197 cm³/mol. The van der Waals surface area contributed by atoms with E-state index >= 15 is 4.57 Å². The van der Waals surface area contributed by atoms with Crippen LogP contribution in [0.15, 0.2) is 145 Å². The van der Waals surface area contributed by atoms with Gasteiger partial charge in [-0.05, 0) is 59.4 Å². The first-order valence-corrected chi connectivity index (χ1v) is 18.3. The number of hydrogen-bond donors (Lipinski definition) is 0. The summed E-state index contributed by atoms with van der Waals surface area (Å²) in [5.41, 5.74) is 6.89. The number of fused-ring (bicyclic) bond motifs is 7. The molecule has 5 nitrogen and oxygen atoms in total. The molecule has 10 rings (SSSR count). The van der Waals surface area contributed by atoms with E-state index in [9.17, 15) is 0 Å². The summed E-state index contributed by atoms with van der Waals surface area (Å²) in [5.74, 6) is 1.55. The Bertz CT molecular complexity index is 2580. The second kappa shape index (κ2) is 10.5. The van der Waals surface area contributed by atoms with Crippen LogP contribution in [0.3, 0.4) is 0 Å². The molecule has 0 fully saturated rings. The van der Waals surface area contributed by atoms with Gasteiger partial charge in [0.15, 0.2) is 13.0 Å². The highest BCUT2D eigenvalue weighted by molar-refractivity contribution is 7.83. The molecule has 0 N–H and O–H groups in total. The van der Waals surface area contributed by atoms with Gasteiger partial charge >= 0.3 is 0 Å². The van der Waals surface area contributed by atoms with E-state index < -0.39 is 7.14 Å². The van der Waals surface area contributed by atoms with Gasteiger partial charge in [-0.25, -0.2) is 0 Å². The molecule has 2 aromatic heterocycles. The van der Waals surface area contributed by atoms with Gasteiger partial charge in [0.05, 0.1) is 11.2 Å². The van der Waals surface area contributed by atoms with Crippen molar-refractivity contribution in [3.8, 4) is 17.3 Å². The lowest BCUT2D eigenvalue weighted by Gasteiger charge is -2.25. The molecule has 0 saturated heterocycles. The first-order valence-electron chi connectivity index (χ1n) is 16.6. The maximum Gasteiger partial charge on any atom is 0.241 e. The van der Waals surface area contributed by atoms with Crippen molar-refractivity contribution in [3.63, 3.8) is 0 Å². The maximum atomic E-state index is 15.3. The summed E-state index contributed by atoms with van der Waals surface area (Å²) in [5, 5.41) is 16.4. The van der Waals surface area contributed by atoms with Crippen molar-refractivity contribution in [2.45, 2.75) is 25.2 Å². The normalized spacial score (nSPS) is 19.5. The number of hydrogen-bond acceptors (Lipinski definition) is 3. The van der Waals surface area contributed by atoms with Gasteiger partial charge in [-0.2, -0.15) is 0 Å². The number of benzene rings is 5. The summed E-state index contributed by atoms with van der Waals surface area (Å²) in [7, 11) is -3.00. The molecule has 3 aliphatic rings. The largest absolute Gasteiger partial charge is 0.309 e. The maximum absolute atomic E-state index is 15.3. The number of rotatable bonds is 4. The highest BCUT2D eigenvalue weighted by atomic mass is 31.2. The Morgan fingerprint density at radius 1 is 0.708 bits per heavy atom. The smallest absolute Gasteiger partial charge is 0.241 e. The number of aryl methyl sites for hydroxylation is 1. The zero-order valence-corrected chi connectivity index (χ0v) is 27.1. The van der Waals surface area contributed by atoms with Gasteiger partial charge in [0.1, 0.15) is 0 Å². The Morgan fingerprint density at radius 2 is 1.48 bits per heavy atom. The van der Waals surface area contributed by atoms with Crippen LogP contribution in [0.5, 0.6) is 0 Å². The van der Waals surface area contributed by atoms with Crippen molar-refractivity contribution in [2.24, 2.45) is 0 Å². The van der Waals surface area contributed by atoms with Crippen LogP contribution >= 0.6 is 7.14 Å². The molecule has 3 heterocycles. The summed E-state index contributed by atoms with van der Waals surface area (Å²) in [6.45, 7) is 0. The molecule has 6 heteroatoms. The summed E-state index contributed by atoms with van der Waals surface area (Å²) in [6, 6.07) is 41.8. The Kier molecular flexibility index (Phi) is 6.03. The lowest BCUT2D eigenvalue weighted by Crippen LogP contribution is -2.14. The number of para-hydroxylation sites is 1. The summed E-state index contributed by atoms with van der Waals surface area (Å²) < 4.78 is 19.8. The van der Waals surface area contributed by atoms with Crippen molar-refractivity contribution >= 4 is 51.2 Å². The first-order chi connectivity index (χ1) is 23.7. The van der Waals surface area contributed by atoms with Crippen LogP contribution in [0.1, 0.15) is 35.6 Å². The SMILES string of the molecule is O=P1(c2ccccc2)C2=CC=C(n3c(-c4cccc5ccccc45)nnc3-n3c4c(c5ccccc53)CCC=C4)CC2c2ccccc21. The molecule has 0 radical (unpaired) electrons. The zero-order valence-electron chi connectivity index (χ0n) is 26.2. The van der Waals surface area contributed by atoms with Crippen LogP contribution in [-0.2, 0) is 11.0 Å². The van der Waals surface area contributed by atoms with E-state index in [2.05, 4.69) is 118 Å². The zero-order chi connectivity index (χ0) is 31.8. The topological polar surface area (TPSA) is 52.7 Å². The molecular weight excluding hydrogens is 607 g/mol. The standard InChI is InChI=1S/C42H31N4OP/c47-48(30-15-2-1-3-16-30)39-24-11-8-20-34(39)36-27-29(25-26-40(36)48)45-41(35-21-12-14-28-13-4-5-17-31(28)35)43-44-42(45)46-37-22-9-6-18-32(37)33-19-7-10-23-38(33)46/h1-6,8-18,20-26,36H,7,19,27H2. The molecule has 7 aromatic rings. The molecular formula is C42H31N4OP. The number of nitrogens with zero attached hydrogens (tertiary/aromatic N) is 4. The second-order valence-corrected chi connectivity index (χ2v) is 15.6. The van der Waals surface area contributed by atoms with E-state index in [1.807, 2.05) is 36.4 Å². The molecule has 1 aliphatic heterocycles. The van der Waals surface area contributed by atoms with E-state index in [1.54, 1.807) is 0 Å². The average molecular weight is 639 g/mol. The monoisotopic (exact) mass is 638 g/mol. The Balaban J connectivity index is 1.25. The van der Waals surface area contributed by atoms with E-state index in [0.717, 1.165) is 79.3 Å². The number of aromatic nitrogens is 4. The van der Waals surface area contributed by atoms with Crippen LogP contribution in [0.2, 0.25) is 0 Å². The second-order valence-electron chi connectivity index (χ2n) is 12.9. The van der Waals surface area contributed by atoms with Crippen LogP contribution in [0, 0.1) is 0 Å². The van der Waals surface area contributed by atoms with Crippen LogP contribution < -0.4 is 10.6 Å². The third-order valence-electron chi connectivity index (χ3n) is 10.4. The lowest BCUT2D eigenvalue weighted by molar-refractivity contribution is 0.590. The van der Waals surface area contributed by atoms with Crippen LogP contribution in [0.25, 0.3) is 50.8 Å². The molecule has 0 bridgehead atoms. The minimum atomic E-state index is -3.00. The van der Waals surface area contributed by atoms with Crippen molar-refractivity contribution in [1.29, 1.82) is 0 Å². The third kappa shape index (κ3) is 3.82. The summed E-state index contributed by atoms with van der Waals surface area (Å²) >= 11 is 0. The molecule has 48 heavy (non-hydrogen) atoms. The average Bonchev–Trinajstić information content (AvgIpc) is 3.81. The van der Waals surface area contributed by atoms with Crippen molar-refractivity contribution < 1.29 is 4.57 Å². The van der Waals surface area contributed by atoms with Gasteiger partial charge in [-0.3, -0.25) is 9.13 Å². The van der Waals surface area contributed by atoms with Gasteiger partial charge in [0.2, 0.25) is 5.95 Å². The van der Waals surface area contributed by atoms with Crippen molar-refractivity contribution in [3.05, 3.63) is 162 Å². The minimum absolute atomic E-state index is 0.0157. The molecule has 0 saturated carbocycles. The van der Waals surface area contributed by atoms with Gasteiger partial charge in [0.25, 0.3) is 0 Å². The van der Waals surface area contributed by atoms with Crippen LogP contribution in [-0.4, -0.2) is 19.3 Å². The van der Waals surface area contributed by atoms with Crippen molar-refractivity contribution in [2.75, 3.05) is 0 Å². The highest BCUT2D eigenvalue weighted by Gasteiger charge is 2.46. The van der Waals surface area contributed by atoms with Gasteiger partial charge in [0, 0.05) is 38.5 Å². The quantitative estimate of drug-likeness (QED) is 0.181. The fraction of sp³-hybridized carbons (Fsp3) is 0.0952. The molecule has 0 spiro atoms. The van der Waals surface area contributed by atoms with E-state index in [4.69, 9.17) is 10.2 Å². The molecule has 2 unspecified atom stereocenters. The van der Waals surface area contributed by atoms with E-state index in [-0.39, 0.29) is 5.92 Å². The predicted octanol–water partition coefficient (Wildman–Crippen LogP) is 9.24. The Labute approximate surface area is 278 Å². The molecule has 5 aromatic carbocycles. The molecule has 0 amide bonds. The first kappa shape index (κ1) is 27.6. The number of allylic oxidation sites excluding steroid dienone is 5. The van der Waals surface area contributed by atoms with Crippen molar-refractivity contribution in [1.82, 2.24) is 19.3 Å². The Hall–Kier alpha value is -5.51. The summed E-state index contributed by atoms with van der Waals surface area (Å²) in [4.78, 5) is 0. The van der Waals surface area contributed by atoms with E-state index in [0.29, 0.717) is 6.42 Å². The Morgan fingerprint density at radius 3 is 2.40 bits per heavy atom. The summed E-state index contributed by atoms with van der Waals surface area (Å²) in [6.07, 6.45) is 11.5. The highest BCUT2D eigenvalue weighted by Crippen LogP contribution is 2.65. The van der Waals surface area contributed by atoms with Gasteiger partial charge in [-0.1, -0.05) is 127 Å².